The van der Waals surface area contributed by atoms with E-state index < -0.39 is 0 Å². The molecule has 1 aromatic heterocycles. The van der Waals surface area contributed by atoms with Crippen LogP contribution in [0.3, 0.4) is 0 Å². The van der Waals surface area contributed by atoms with Crippen LogP contribution in [0.4, 0.5) is 4.39 Å². The van der Waals surface area contributed by atoms with Crippen molar-refractivity contribution in [1.82, 2.24) is 20.5 Å². The lowest BCUT2D eigenvalue weighted by Gasteiger charge is -2.26. The van der Waals surface area contributed by atoms with Gasteiger partial charge in [-0.3, -0.25) is 0 Å². The number of benzene rings is 1. The van der Waals surface area contributed by atoms with Crippen LogP contribution in [0.25, 0.3) is 0 Å². The molecule has 1 atom stereocenters. The third-order valence-corrected chi connectivity index (χ3v) is 5.17. The van der Waals surface area contributed by atoms with E-state index in [0.717, 1.165) is 28.8 Å². The Balaban J connectivity index is 0.00000364. The minimum absolute atomic E-state index is 0. The molecule has 5 nitrogen and oxygen atoms in total. The van der Waals surface area contributed by atoms with Crippen LogP contribution in [0.1, 0.15) is 34.1 Å². The average molecular weight is 505 g/mol. The summed E-state index contributed by atoms with van der Waals surface area (Å²) in [4.78, 5) is 12.5. The topological polar surface area (TPSA) is 52.6 Å². The minimum atomic E-state index is -0.218. The van der Waals surface area contributed by atoms with Gasteiger partial charge < -0.3 is 15.5 Å². The Labute approximate surface area is 182 Å². The second-order valence-electron chi connectivity index (χ2n) is 6.36. The Hall–Kier alpha value is -1.26. The molecule has 0 fully saturated rings. The van der Waals surface area contributed by atoms with Crippen LogP contribution in [-0.4, -0.2) is 43.0 Å². The largest absolute Gasteiger partial charge is 0.357 e. The number of aliphatic imine (C=N–C) groups is 1. The van der Waals surface area contributed by atoms with Gasteiger partial charge in [-0.2, -0.15) is 0 Å². The lowest BCUT2D eigenvalue weighted by Crippen LogP contribution is -2.41. The Morgan fingerprint density at radius 3 is 2.59 bits per heavy atom. The third-order valence-electron chi connectivity index (χ3n) is 4.11. The fourth-order valence-electron chi connectivity index (χ4n) is 2.60. The van der Waals surface area contributed by atoms with Crippen molar-refractivity contribution in [1.29, 1.82) is 0 Å². The van der Waals surface area contributed by atoms with Crippen LogP contribution in [0.15, 0.2) is 29.3 Å². The minimum Gasteiger partial charge on any atom is -0.357 e. The standard InChI is InChI=1S/C19H28FN5S.HI/c1-6-21-19(23-12-18-24-13(2)14(3)26-18)22-11-17(25(4)5)15-8-7-9-16(20)10-15;/h7-10,17H,6,11-12H2,1-5H3,(H2,21,22,23);1H. The molecule has 0 amide bonds. The Kier molecular flexibility index (Phi) is 10.2. The molecule has 1 aromatic carbocycles. The van der Waals surface area contributed by atoms with Crippen LogP contribution in [0, 0.1) is 19.7 Å². The number of guanidine groups is 1. The number of halogens is 2. The number of aromatic nitrogens is 1. The van der Waals surface area contributed by atoms with E-state index in [0.29, 0.717) is 13.1 Å². The molecule has 0 saturated heterocycles. The first-order chi connectivity index (χ1) is 12.4. The number of nitrogens with zero attached hydrogens (tertiary/aromatic N) is 3. The summed E-state index contributed by atoms with van der Waals surface area (Å²) in [5.41, 5.74) is 2.00. The summed E-state index contributed by atoms with van der Waals surface area (Å²) in [6.07, 6.45) is 0. The Morgan fingerprint density at radius 1 is 1.30 bits per heavy atom. The molecule has 0 aliphatic heterocycles. The lowest BCUT2D eigenvalue weighted by atomic mass is 10.1. The number of aryl methyl sites for hydroxylation is 2. The highest BCUT2D eigenvalue weighted by Crippen LogP contribution is 2.19. The van der Waals surface area contributed by atoms with E-state index in [1.807, 2.05) is 34.0 Å². The van der Waals surface area contributed by atoms with Gasteiger partial charge in [0.1, 0.15) is 10.8 Å². The summed E-state index contributed by atoms with van der Waals surface area (Å²) in [5.74, 6) is 0.519. The summed E-state index contributed by atoms with van der Waals surface area (Å²) >= 11 is 1.68. The number of nitrogens with one attached hydrogen (secondary N) is 2. The van der Waals surface area contributed by atoms with E-state index in [-0.39, 0.29) is 35.8 Å². The van der Waals surface area contributed by atoms with Crippen molar-refractivity contribution < 1.29 is 4.39 Å². The van der Waals surface area contributed by atoms with Gasteiger partial charge in [0.15, 0.2) is 5.96 Å². The molecular weight excluding hydrogens is 476 g/mol. The molecular formula is C19H29FIN5S. The van der Waals surface area contributed by atoms with Crippen molar-refractivity contribution in [3.63, 3.8) is 0 Å². The highest BCUT2D eigenvalue weighted by Gasteiger charge is 2.15. The van der Waals surface area contributed by atoms with Gasteiger partial charge in [0.05, 0.1) is 18.3 Å². The molecule has 2 N–H and O–H groups in total. The number of thiazole rings is 1. The van der Waals surface area contributed by atoms with E-state index in [2.05, 4.69) is 32.4 Å². The van der Waals surface area contributed by atoms with Crippen molar-refractivity contribution in [3.05, 3.63) is 51.2 Å². The number of hydrogen-bond acceptors (Lipinski definition) is 4. The molecule has 150 valence electrons. The molecule has 0 radical (unpaired) electrons. The molecule has 2 rings (SSSR count). The number of likely N-dealkylation sites (N-methyl/N-ethyl adjacent to an activating group) is 1. The highest BCUT2D eigenvalue weighted by molar-refractivity contribution is 14.0. The number of rotatable bonds is 7. The maximum absolute atomic E-state index is 13.6. The maximum atomic E-state index is 13.6. The molecule has 0 spiro atoms. The zero-order valence-corrected chi connectivity index (χ0v) is 19.7. The van der Waals surface area contributed by atoms with Crippen molar-refractivity contribution in [2.24, 2.45) is 4.99 Å². The van der Waals surface area contributed by atoms with E-state index in [9.17, 15) is 4.39 Å². The summed E-state index contributed by atoms with van der Waals surface area (Å²) < 4.78 is 13.6. The van der Waals surface area contributed by atoms with Crippen LogP contribution < -0.4 is 10.6 Å². The van der Waals surface area contributed by atoms with Gasteiger partial charge in [0.2, 0.25) is 0 Å². The van der Waals surface area contributed by atoms with Gasteiger partial charge in [-0.1, -0.05) is 12.1 Å². The summed E-state index contributed by atoms with van der Waals surface area (Å²) in [6.45, 7) is 8.06. The predicted octanol–water partition coefficient (Wildman–Crippen LogP) is 3.88. The summed E-state index contributed by atoms with van der Waals surface area (Å²) in [6, 6.07) is 6.78. The van der Waals surface area contributed by atoms with Gasteiger partial charge >= 0.3 is 0 Å². The highest BCUT2D eigenvalue weighted by atomic mass is 127. The molecule has 0 saturated carbocycles. The van der Waals surface area contributed by atoms with E-state index in [1.165, 1.54) is 10.9 Å². The monoisotopic (exact) mass is 505 g/mol. The van der Waals surface area contributed by atoms with Gasteiger partial charge in [0.25, 0.3) is 0 Å². The average Bonchev–Trinajstić information content (AvgIpc) is 2.90. The third kappa shape index (κ3) is 7.34. The van der Waals surface area contributed by atoms with E-state index in [1.54, 1.807) is 23.5 Å². The zero-order chi connectivity index (χ0) is 19.1. The van der Waals surface area contributed by atoms with Crippen molar-refractivity contribution in [2.45, 2.75) is 33.4 Å². The molecule has 0 aliphatic carbocycles. The van der Waals surface area contributed by atoms with Crippen LogP contribution >= 0.6 is 35.3 Å². The molecule has 27 heavy (non-hydrogen) atoms. The van der Waals surface area contributed by atoms with Crippen LogP contribution in [0.2, 0.25) is 0 Å². The van der Waals surface area contributed by atoms with Gasteiger partial charge in [-0.05, 0) is 52.6 Å². The van der Waals surface area contributed by atoms with Gasteiger partial charge in [-0.25, -0.2) is 14.4 Å². The fourth-order valence-corrected chi connectivity index (χ4v) is 3.46. The first-order valence-electron chi connectivity index (χ1n) is 8.77. The van der Waals surface area contributed by atoms with Crippen LogP contribution in [-0.2, 0) is 6.54 Å². The molecule has 2 aromatic rings. The summed E-state index contributed by atoms with van der Waals surface area (Å²) in [5, 5.41) is 7.62. The van der Waals surface area contributed by atoms with E-state index >= 15 is 0 Å². The lowest BCUT2D eigenvalue weighted by molar-refractivity contribution is 0.297. The SMILES string of the molecule is CCNC(=NCc1nc(C)c(C)s1)NCC(c1cccc(F)c1)N(C)C.I. The Bertz CT molecular complexity index is 728. The maximum Gasteiger partial charge on any atom is 0.191 e. The quantitative estimate of drug-likeness (QED) is 0.341. The van der Waals surface area contributed by atoms with Crippen molar-refractivity contribution >= 4 is 41.3 Å². The second kappa shape index (κ2) is 11.6. The molecule has 1 heterocycles. The fraction of sp³-hybridized carbons (Fsp3) is 0.474. The van der Waals surface area contributed by atoms with Crippen molar-refractivity contribution in [3.8, 4) is 0 Å². The first kappa shape index (κ1) is 23.8. The van der Waals surface area contributed by atoms with Gasteiger partial charge in [-0.15, -0.1) is 35.3 Å². The molecule has 1 unspecified atom stereocenters. The second-order valence-corrected chi connectivity index (χ2v) is 7.65. The smallest absolute Gasteiger partial charge is 0.191 e. The molecule has 0 aliphatic rings. The molecule has 0 bridgehead atoms. The summed E-state index contributed by atoms with van der Waals surface area (Å²) in [7, 11) is 3.98. The normalized spacial score (nSPS) is 12.6. The van der Waals surface area contributed by atoms with Crippen LogP contribution in [0.5, 0.6) is 0 Å². The first-order valence-corrected chi connectivity index (χ1v) is 9.59. The number of hydrogen-bond donors (Lipinski definition) is 2. The predicted molar refractivity (Wildman–Crippen MR) is 123 cm³/mol. The Morgan fingerprint density at radius 2 is 2.04 bits per heavy atom. The van der Waals surface area contributed by atoms with Crippen molar-refractivity contribution in [2.75, 3.05) is 27.2 Å². The van der Waals surface area contributed by atoms with E-state index in [4.69, 9.17) is 0 Å². The zero-order valence-electron chi connectivity index (χ0n) is 16.5. The van der Waals surface area contributed by atoms with Gasteiger partial charge in [0, 0.05) is 18.0 Å². The molecule has 8 heteroatoms.